The number of thiocarbonyl (C=S) groups is 1. The minimum absolute atomic E-state index is 0.0634. The summed E-state index contributed by atoms with van der Waals surface area (Å²) in [7, 11) is 0. The van der Waals surface area contributed by atoms with Crippen molar-refractivity contribution in [1.82, 2.24) is 15.2 Å². The molecule has 0 bridgehead atoms. The molecule has 176 valence electrons. The first kappa shape index (κ1) is 22.8. The number of nitrogens with one attached hydrogen (secondary N) is 2. The Labute approximate surface area is 210 Å². The van der Waals surface area contributed by atoms with Gasteiger partial charge in [0, 0.05) is 30.4 Å². The number of pyridine rings is 1. The Morgan fingerprint density at radius 2 is 1.80 bits per heavy atom. The van der Waals surface area contributed by atoms with Gasteiger partial charge in [0.1, 0.15) is 17.6 Å². The van der Waals surface area contributed by atoms with Gasteiger partial charge in [-0.1, -0.05) is 54.6 Å². The largest absolute Gasteiger partial charge is 0.459 e. The molecule has 0 radical (unpaired) electrons. The van der Waals surface area contributed by atoms with E-state index in [1.807, 2.05) is 96.8 Å². The molecule has 3 heterocycles. The Bertz CT molecular complexity index is 1320. The van der Waals surface area contributed by atoms with Gasteiger partial charge in [0.15, 0.2) is 5.11 Å². The maximum absolute atomic E-state index is 12.8. The lowest BCUT2D eigenvalue weighted by Gasteiger charge is -2.26. The molecule has 2 atom stereocenters. The van der Waals surface area contributed by atoms with Gasteiger partial charge < -0.3 is 20.0 Å². The smallest absolute Gasteiger partial charge is 0.226 e. The molecular formula is C28H26N4O2S. The quantitative estimate of drug-likeness (QED) is 0.332. The fraction of sp³-hybridized carbons (Fsp3) is 0.179. The predicted octanol–water partition coefficient (Wildman–Crippen LogP) is 5.65. The highest BCUT2D eigenvalue weighted by molar-refractivity contribution is 7.80. The standard InChI is InChI=1S/C28H26N4O2S/c1-19-9-5-6-12-21(19)30-25(33)16-18-32-27(26(31-28(32)35)22-13-7-8-17-29-22)24-15-14-23(34-24)20-10-3-2-4-11-20/h2-15,17,26-27H,16,18H2,1H3,(H,30,33)(H,31,35)/t26-,27-/m0/s1. The molecule has 35 heavy (non-hydrogen) atoms. The lowest BCUT2D eigenvalue weighted by atomic mass is 10.0. The lowest BCUT2D eigenvalue weighted by Crippen LogP contribution is -2.32. The highest BCUT2D eigenvalue weighted by Crippen LogP contribution is 2.40. The molecule has 4 aromatic rings. The number of amides is 1. The highest BCUT2D eigenvalue weighted by Gasteiger charge is 2.41. The summed E-state index contributed by atoms with van der Waals surface area (Å²) in [4.78, 5) is 19.4. The third-order valence-electron chi connectivity index (χ3n) is 6.17. The van der Waals surface area contributed by atoms with Crippen LogP contribution in [0.3, 0.4) is 0 Å². The minimum atomic E-state index is -0.235. The molecule has 1 saturated heterocycles. The second-order valence-electron chi connectivity index (χ2n) is 8.50. The summed E-state index contributed by atoms with van der Waals surface area (Å²) in [6.07, 6.45) is 2.06. The number of carbonyl (C=O) groups is 1. The monoisotopic (exact) mass is 482 g/mol. The molecular weight excluding hydrogens is 456 g/mol. The number of furan rings is 1. The van der Waals surface area contributed by atoms with Gasteiger partial charge in [-0.15, -0.1) is 0 Å². The Morgan fingerprint density at radius 3 is 2.57 bits per heavy atom. The molecule has 0 unspecified atom stereocenters. The van der Waals surface area contributed by atoms with Crippen molar-refractivity contribution >= 4 is 28.9 Å². The average Bonchev–Trinajstić information content (AvgIpc) is 3.50. The van der Waals surface area contributed by atoms with Crippen LogP contribution < -0.4 is 10.6 Å². The third kappa shape index (κ3) is 4.95. The van der Waals surface area contributed by atoms with Gasteiger partial charge in [-0.05, 0) is 55.0 Å². The van der Waals surface area contributed by atoms with Crippen LogP contribution in [0.1, 0.15) is 35.5 Å². The van der Waals surface area contributed by atoms with Crippen molar-refractivity contribution in [1.29, 1.82) is 0 Å². The first-order chi connectivity index (χ1) is 17.1. The molecule has 7 heteroatoms. The number of hydrogen-bond donors (Lipinski definition) is 2. The van der Waals surface area contributed by atoms with Gasteiger partial charge >= 0.3 is 0 Å². The molecule has 1 aliphatic rings. The van der Waals surface area contributed by atoms with E-state index in [1.165, 1.54) is 0 Å². The van der Waals surface area contributed by atoms with E-state index in [4.69, 9.17) is 16.6 Å². The van der Waals surface area contributed by atoms with E-state index in [0.717, 1.165) is 34.0 Å². The van der Waals surface area contributed by atoms with E-state index >= 15 is 0 Å². The molecule has 2 aromatic carbocycles. The van der Waals surface area contributed by atoms with Gasteiger partial charge in [-0.3, -0.25) is 9.78 Å². The third-order valence-corrected chi connectivity index (χ3v) is 6.53. The summed E-state index contributed by atoms with van der Waals surface area (Å²) < 4.78 is 6.33. The van der Waals surface area contributed by atoms with Crippen LogP contribution >= 0.6 is 12.2 Å². The van der Waals surface area contributed by atoms with Crippen molar-refractivity contribution in [2.45, 2.75) is 25.4 Å². The SMILES string of the molecule is Cc1ccccc1NC(=O)CCN1C(=S)N[C@@H](c2ccccn2)[C@@H]1c1ccc(-c2ccccc2)o1. The molecule has 0 spiro atoms. The summed E-state index contributed by atoms with van der Waals surface area (Å²) in [5.41, 5.74) is 3.72. The zero-order chi connectivity index (χ0) is 24.2. The maximum atomic E-state index is 12.8. The summed E-state index contributed by atoms with van der Waals surface area (Å²) in [6, 6.07) is 27.1. The lowest BCUT2D eigenvalue weighted by molar-refractivity contribution is -0.116. The Morgan fingerprint density at radius 1 is 1.03 bits per heavy atom. The van der Waals surface area contributed by atoms with Gasteiger partial charge in [0.05, 0.1) is 11.7 Å². The van der Waals surface area contributed by atoms with E-state index < -0.39 is 0 Å². The number of rotatable bonds is 7. The van der Waals surface area contributed by atoms with E-state index in [2.05, 4.69) is 15.6 Å². The molecule has 6 nitrogen and oxygen atoms in total. The number of aryl methyl sites for hydroxylation is 1. The molecule has 2 aromatic heterocycles. The maximum Gasteiger partial charge on any atom is 0.226 e. The number of carbonyl (C=O) groups excluding carboxylic acids is 1. The van der Waals surface area contributed by atoms with E-state index in [9.17, 15) is 4.79 Å². The molecule has 0 aliphatic carbocycles. The van der Waals surface area contributed by atoms with Crippen LogP contribution in [-0.2, 0) is 4.79 Å². The fourth-order valence-corrected chi connectivity index (χ4v) is 4.70. The Balaban J connectivity index is 1.39. The van der Waals surface area contributed by atoms with E-state index in [-0.39, 0.29) is 24.4 Å². The van der Waals surface area contributed by atoms with Gasteiger partial charge in [0.25, 0.3) is 0 Å². The van der Waals surface area contributed by atoms with Crippen LogP contribution in [0.15, 0.2) is 95.5 Å². The van der Waals surface area contributed by atoms with Crippen LogP contribution in [0.4, 0.5) is 5.69 Å². The van der Waals surface area contributed by atoms with Crippen LogP contribution in [0, 0.1) is 6.92 Å². The molecule has 2 N–H and O–H groups in total. The molecule has 1 aliphatic heterocycles. The number of anilines is 1. The highest BCUT2D eigenvalue weighted by atomic mass is 32.1. The van der Waals surface area contributed by atoms with Gasteiger partial charge in [-0.2, -0.15) is 0 Å². The van der Waals surface area contributed by atoms with E-state index in [1.54, 1.807) is 6.20 Å². The number of nitrogens with zero attached hydrogens (tertiary/aromatic N) is 2. The predicted molar refractivity (Wildman–Crippen MR) is 141 cm³/mol. The summed E-state index contributed by atoms with van der Waals surface area (Å²) in [5, 5.41) is 6.99. The first-order valence-corrected chi connectivity index (χ1v) is 12.0. The summed E-state index contributed by atoms with van der Waals surface area (Å²) in [5.74, 6) is 1.49. The number of aromatic nitrogens is 1. The number of para-hydroxylation sites is 1. The zero-order valence-electron chi connectivity index (χ0n) is 19.3. The van der Waals surface area contributed by atoms with Crippen molar-refractivity contribution in [3.63, 3.8) is 0 Å². The molecule has 0 saturated carbocycles. The number of benzene rings is 2. The molecule has 5 rings (SSSR count). The van der Waals surface area contributed by atoms with Gasteiger partial charge in [-0.25, -0.2) is 0 Å². The van der Waals surface area contributed by atoms with Crippen molar-refractivity contribution in [2.24, 2.45) is 0 Å². The van der Waals surface area contributed by atoms with Crippen molar-refractivity contribution in [3.05, 3.63) is 108 Å². The normalized spacial score (nSPS) is 17.3. The number of hydrogen-bond acceptors (Lipinski definition) is 4. The van der Waals surface area contributed by atoms with Crippen molar-refractivity contribution in [3.8, 4) is 11.3 Å². The summed E-state index contributed by atoms with van der Waals surface area (Å²) in [6.45, 7) is 2.42. The second kappa shape index (κ2) is 10.1. The average molecular weight is 483 g/mol. The molecule has 1 amide bonds. The Hall–Kier alpha value is -3.97. The fourth-order valence-electron chi connectivity index (χ4n) is 4.37. The zero-order valence-corrected chi connectivity index (χ0v) is 20.2. The van der Waals surface area contributed by atoms with Crippen LogP contribution in [0.25, 0.3) is 11.3 Å². The van der Waals surface area contributed by atoms with Crippen molar-refractivity contribution in [2.75, 3.05) is 11.9 Å². The van der Waals surface area contributed by atoms with Crippen LogP contribution in [0.2, 0.25) is 0 Å². The minimum Gasteiger partial charge on any atom is -0.459 e. The van der Waals surface area contributed by atoms with Crippen LogP contribution in [0.5, 0.6) is 0 Å². The molecule has 1 fully saturated rings. The van der Waals surface area contributed by atoms with Crippen molar-refractivity contribution < 1.29 is 9.21 Å². The first-order valence-electron chi connectivity index (χ1n) is 11.6. The van der Waals surface area contributed by atoms with E-state index in [0.29, 0.717) is 11.7 Å². The topological polar surface area (TPSA) is 70.4 Å². The van der Waals surface area contributed by atoms with Crippen LogP contribution in [-0.4, -0.2) is 27.4 Å². The summed E-state index contributed by atoms with van der Waals surface area (Å²) >= 11 is 5.71. The van der Waals surface area contributed by atoms with Gasteiger partial charge in [0.2, 0.25) is 5.91 Å². The Kier molecular flexibility index (Phi) is 6.59. The second-order valence-corrected chi connectivity index (χ2v) is 8.89.